The van der Waals surface area contributed by atoms with Crippen LogP contribution in [0.15, 0.2) is 24.3 Å². The molecule has 1 amide bonds. The second-order valence-electron chi connectivity index (χ2n) is 7.85. The number of hydrogen-bond donors (Lipinski definition) is 2. The number of likely N-dealkylation sites (tertiary alicyclic amines) is 1. The first-order valence-electron chi connectivity index (χ1n) is 8.67. The Bertz CT molecular complexity index is 528. The van der Waals surface area contributed by atoms with Crippen LogP contribution in [0.25, 0.3) is 0 Å². The molecular weight excluding hydrogens is 357 g/mol. The molecule has 1 aliphatic rings. The fourth-order valence-electron chi connectivity index (χ4n) is 2.93. The van der Waals surface area contributed by atoms with Crippen LogP contribution in [0.1, 0.15) is 52.5 Å². The normalized spacial score (nSPS) is 19.3. The fourth-order valence-corrected chi connectivity index (χ4v) is 2.93. The third-order valence-electron chi connectivity index (χ3n) is 4.76. The lowest BCUT2D eigenvalue weighted by atomic mass is 9.87. The highest BCUT2D eigenvalue weighted by Gasteiger charge is 2.27. The second-order valence-corrected chi connectivity index (χ2v) is 7.85. The number of benzene rings is 1. The largest absolute Gasteiger partial charge is 0.325 e. The maximum atomic E-state index is 12.2. The van der Waals surface area contributed by atoms with Crippen LogP contribution in [0.4, 0.5) is 5.69 Å². The van der Waals surface area contributed by atoms with E-state index in [1.165, 1.54) is 31.4 Å². The summed E-state index contributed by atoms with van der Waals surface area (Å²) in [6.45, 7) is 10.4. The Hall–Kier alpha value is -0.810. The summed E-state index contributed by atoms with van der Waals surface area (Å²) in [5.41, 5.74) is 7.85. The number of anilines is 1. The molecule has 1 aromatic carbocycles. The topological polar surface area (TPSA) is 58.4 Å². The minimum atomic E-state index is -0.517. The molecule has 1 aliphatic heterocycles. The van der Waals surface area contributed by atoms with Gasteiger partial charge in [0, 0.05) is 18.3 Å². The van der Waals surface area contributed by atoms with E-state index < -0.39 is 6.04 Å². The number of hydrogen-bond acceptors (Lipinski definition) is 3. The minimum absolute atomic E-state index is 0. The number of carbonyl (C=O) groups is 1. The smallest absolute Gasteiger partial charge is 0.241 e. The van der Waals surface area contributed by atoms with Gasteiger partial charge >= 0.3 is 0 Å². The van der Waals surface area contributed by atoms with E-state index in [0.29, 0.717) is 6.04 Å². The molecule has 3 N–H and O–H groups in total. The van der Waals surface area contributed by atoms with E-state index in [4.69, 9.17) is 5.73 Å². The van der Waals surface area contributed by atoms with E-state index >= 15 is 0 Å². The highest BCUT2D eigenvalue weighted by Crippen LogP contribution is 2.21. The van der Waals surface area contributed by atoms with Gasteiger partial charge in [-0.2, -0.15) is 0 Å². The minimum Gasteiger partial charge on any atom is -0.325 e. The Labute approximate surface area is 164 Å². The molecule has 0 aromatic heterocycles. The predicted molar refractivity (Wildman–Crippen MR) is 111 cm³/mol. The average molecular weight is 390 g/mol. The van der Waals surface area contributed by atoms with Crippen LogP contribution in [-0.4, -0.2) is 29.4 Å². The third-order valence-corrected chi connectivity index (χ3v) is 4.76. The molecule has 2 atom stereocenters. The van der Waals surface area contributed by atoms with Gasteiger partial charge in [-0.3, -0.25) is 9.69 Å². The summed E-state index contributed by atoms with van der Waals surface area (Å²) in [6.07, 6.45) is 3.93. The molecule has 0 aliphatic carbocycles. The Morgan fingerprint density at radius 3 is 2.36 bits per heavy atom. The van der Waals surface area contributed by atoms with Crippen LogP contribution >= 0.6 is 24.8 Å². The molecule has 0 spiro atoms. The van der Waals surface area contributed by atoms with Crippen molar-refractivity contribution < 1.29 is 4.79 Å². The molecule has 4 nitrogen and oxygen atoms in total. The first-order valence-corrected chi connectivity index (χ1v) is 8.67. The zero-order valence-corrected chi connectivity index (χ0v) is 17.4. The monoisotopic (exact) mass is 389 g/mol. The highest BCUT2D eigenvalue weighted by atomic mass is 35.5. The van der Waals surface area contributed by atoms with Gasteiger partial charge in [-0.1, -0.05) is 39.3 Å². The number of amides is 1. The molecule has 6 heteroatoms. The molecule has 25 heavy (non-hydrogen) atoms. The molecule has 1 saturated heterocycles. The molecule has 0 bridgehead atoms. The van der Waals surface area contributed by atoms with Gasteiger partial charge in [0.1, 0.15) is 0 Å². The van der Waals surface area contributed by atoms with Crippen LogP contribution < -0.4 is 11.1 Å². The Morgan fingerprint density at radius 2 is 1.84 bits per heavy atom. The Morgan fingerprint density at radius 1 is 1.24 bits per heavy atom. The van der Waals surface area contributed by atoms with Crippen LogP contribution in [0.5, 0.6) is 0 Å². The Balaban J connectivity index is 0.00000288. The first-order chi connectivity index (χ1) is 10.8. The van der Waals surface area contributed by atoms with Crippen molar-refractivity contribution in [2.75, 3.05) is 11.9 Å². The highest BCUT2D eigenvalue weighted by molar-refractivity contribution is 5.95. The molecular formula is C19H33Cl2N3O. The van der Waals surface area contributed by atoms with Gasteiger partial charge in [0.15, 0.2) is 0 Å². The SMILES string of the molecule is CC1CCCCN1Cc1ccc(NC(=O)[C@@H](N)C(C)(C)C)cc1.Cl.Cl. The van der Waals surface area contributed by atoms with Gasteiger partial charge in [0.2, 0.25) is 5.91 Å². The quantitative estimate of drug-likeness (QED) is 0.810. The summed E-state index contributed by atoms with van der Waals surface area (Å²) in [4.78, 5) is 14.7. The molecule has 0 radical (unpaired) electrons. The van der Waals surface area contributed by atoms with E-state index in [1.54, 1.807) is 0 Å². The zero-order chi connectivity index (χ0) is 17.0. The zero-order valence-electron chi connectivity index (χ0n) is 15.7. The number of nitrogens with zero attached hydrogens (tertiary/aromatic N) is 1. The lowest BCUT2D eigenvalue weighted by Crippen LogP contribution is -2.45. The van der Waals surface area contributed by atoms with Crippen LogP contribution in [-0.2, 0) is 11.3 Å². The molecule has 1 aromatic rings. The Kier molecular flexibility index (Phi) is 10.0. The number of piperidine rings is 1. The lowest BCUT2D eigenvalue weighted by Gasteiger charge is -2.33. The van der Waals surface area contributed by atoms with Crippen molar-refractivity contribution in [3.63, 3.8) is 0 Å². The summed E-state index contributed by atoms with van der Waals surface area (Å²) in [5, 5.41) is 2.91. The third kappa shape index (κ3) is 7.14. The number of nitrogens with two attached hydrogens (primary N) is 1. The number of halogens is 2. The van der Waals surface area contributed by atoms with E-state index in [9.17, 15) is 4.79 Å². The maximum Gasteiger partial charge on any atom is 0.241 e. The van der Waals surface area contributed by atoms with E-state index in [2.05, 4.69) is 29.3 Å². The van der Waals surface area contributed by atoms with Gasteiger partial charge in [-0.05, 0) is 49.4 Å². The molecule has 1 fully saturated rings. The molecule has 2 rings (SSSR count). The van der Waals surface area contributed by atoms with Crippen LogP contribution in [0, 0.1) is 5.41 Å². The van der Waals surface area contributed by atoms with Crippen molar-refractivity contribution in [1.29, 1.82) is 0 Å². The summed E-state index contributed by atoms with van der Waals surface area (Å²) < 4.78 is 0. The number of rotatable bonds is 4. The lowest BCUT2D eigenvalue weighted by molar-refractivity contribution is -0.119. The van der Waals surface area contributed by atoms with E-state index in [-0.39, 0.29) is 36.1 Å². The van der Waals surface area contributed by atoms with Gasteiger partial charge in [0.25, 0.3) is 0 Å². The van der Waals surface area contributed by atoms with Gasteiger partial charge < -0.3 is 11.1 Å². The van der Waals surface area contributed by atoms with Gasteiger partial charge in [-0.25, -0.2) is 0 Å². The molecule has 1 unspecified atom stereocenters. The first kappa shape index (κ1) is 24.2. The summed E-state index contributed by atoms with van der Waals surface area (Å²) >= 11 is 0. The van der Waals surface area contributed by atoms with Gasteiger partial charge in [0.05, 0.1) is 6.04 Å². The van der Waals surface area contributed by atoms with E-state index in [1.807, 2.05) is 32.9 Å². The average Bonchev–Trinajstić information content (AvgIpc) is 2.49. The van der Waals surface area contributed by atoms with Crippen molar-refractivity contribution in [3.8, 4) is 0 Å². The van der Waals surface area contributed by atoms with Crippen molar-refractivity contribution in [2.24, 2.45) is 11.1 Å². The maximum absolute atomic E-state index is 12.2. The van der Waals surface area contributed by atoms with Crippen molar-refractivity contribution in [2.45, 2.75) is 65.6 Å². The summed E-state index contributed by atoms with van der Waals surface area (Å²) in [6, 6.07) is 8.28. The number of nitrogens with one attached hydrogen (secondary N) is 1. The van der Waals surface area contributed by atoms with Crippen molar-refractivity contribution >= 4 is 36.4 Å². The number of carbonyl (C=O) groups excluding carboxylic acids is 1. The fraction of sp³-hybridized carbons (Fsp3) is 0.632. The van der Waals surface area contributed by atoms with E-state index in [0.717, 1.165) is 12.2 Å². The molecule has 0 saturated carbocycles. The molecule has 1 heterocycles. The van der Waals surface area contributed by atoms with Crippen molar-refractivity contribution in [1.82, 2.24) is 4.90 Å². The van der Waals surface area contributed by atoms with Gasteiger partial charge in [-0.15, -0.1) is 24.8 Å². The van der Waals surface area contributed by atoms with Crippen LogP contribution in [0.3, 0.4) is 0 Å². The standard InChI is InChI=1S/C19H31N3O.2ClH/c1-14-7-5-6-12-22(14)13-15-8-10-16(11-9-15)21-18(23)17(20)19(2,3)4;;/h8-11,14,17H,5-7,12-13,20H2,1-4H3,(H,21,23);2*1H/t14?,17-;;/m1../s1. The van der Waals surface area contributed by atoms with Crippen molar-refractivity contribution in [3.05, 3.63) is 29.8 Å². The second kappa shape index (κ2) is 10.4. The summed E-state index contributed by atoms with van der Waals surface area (Å²) in [7, 11) is 0. The summed E-state index contributed by atoms with van der Waals surface area (Å²) in [5.74, 6) is -0.130. The predicted octanol–water partition coefficient (Wildman–Crippen LogP) is 4.22. The van der Waals surface area contributed by atoms with Crippen LogP contribution in [0.2, 0.25) is 0 Å². The molecule has 144 valence electrons.